The van der Waals surface area contributed by atoms with Gasteiger partial charge in [-0.1, -0.05) is 36.4 Å². The van der Waals surface area contributed by atoms with Gasteiger partial charge in [0, 0.05) is 25.7 Å². The summed E-state index contributed by atoms with van der Waals surface area (Å²) in [5, 5.41) is 6.35. The van der Waals surface area contributed by atoms with E-state index in [1.165, 1.54) is 0 Å². The number of hydrogen-bond acceptors (Lipinski definition) is 4. The largest absolute Gasteiger partial charge is 0.490 e. The van der Waals surface area contributed by atoms with Gasteiger partial charge in [-0.15, -0.1) is 24.0 Å². The van der Waals surface area contributed by atoms with E-state index in [2.05, 4.69) is 21.7 Å². The fourth-order valence-corrected chi connectivity index (χ4v) is 2.87. The zero-order valence-electron chi connectivity index (χ0n) is 18.9. The van der Waals surface area contributed by atoms with E-state index in [4.69, 9.17) is 14.2 Å². The number of alkyl halides is 2. The van der Waals surface area contributed by atoms with Crippen molar-refractivity contribution in [1.82, 2.24) is 10.6 Å². The van der Waals surface area contributed by atoms with E-state index < -0.39 is 6.61 Å². The normalized spacial score (nSPS) is 11.3. The molecule has 2 rings (SSSR count). The van der Waals surface area contributed by atoms with E-state index in [-0.39, 0.29) is 48.1 Å². The van der Waals surface area contributed by atoms with Crippen molar-refractivity contribution < 1.29 is 23.0 Å². The number of rotatable bonds is 11. The molecule has 2 aromatic carbocycles. The molecule has 0 aliphatic rings. The monoisotopic (exact) mass is 563 g/mol. The van der Waals surface area contributed by atoms with Crippen molar-refractivity contribution >= 4 is 29.9 Å². The molecule has 2 aromatic rings. The number of benzene rings is 2. The van der Waals surface area contributed by atoms with E-state index in [0.717, 1.165) is 11.1 Å². The Kier molecular flexibility index (Phi) is 12.9. The Bertz CT molecular complexity index is 851. The summed E-state index contributed by atoms with van der Waals surface area (Å²) in [6.07, 6.45) is 0.171. The van der Waals surface area contributed by atoms with Crippen molar-refractivity contribution in [3.63, 3.8) is 0 Å². The van der Waals surface area contributed by atoms with E-state index >= 15 is 0 Å². The van der Waals surface area contributed by atoms with Crippen molar-refractivity contribution in [2.45, 2.75) is 53.2 Å². The minimum absolute atomic E-state index is 0. The highest BCUT2D eigenvalue weighted by Crippen LogP contribution is 2.32. The molecule has 2 N–H and O–H groups in total. The average Bonchev–Trinajstić information content (AvgIpc) is 2.74. The van der Waals surface area contributed by atoms with Crippen molar-refractivity contribution in [3.8, 4) is 11.5 Å². The Hall–Kier alpha value is -2.14. The number of nitrogens with zero attached hydrogens (tertiary/aromatic N) is 1. The smallest absolute Gasteiger partial charge is 0.387 e. The van der Waals surface area contributed by atoms with Crippen LogP contribution in [0.1, 0.15) is 37.5 Å². The maximum Gasteiger partial charge on any atom is 0.387 e. The molecule has 0 heterocycles. The Labute approximate surface area is 205 Å². The van der Waals surface area contributed by atoms with E-state index in [1.807, 2.05) is 32.0 Å². The molecule has 0 unspecified atom stereocenters. The van der Waals surface area contributed by atoms with E-state index in [9.17, 15) is 8.78 Å². The van der Waals surface area contributed by atoms with Crippen LogP contribution in [0.25, 0.3) is 0 Å². The zero-order valence-corrected chi connectivity index (χ0v) is 21.2. The second kappa shape index (κ2) is 14.8. The van der Waals surface area contributed by atoms with Gasteiger partial charge in [0.05, 0.1) is 19.3 Å². The highest BCUT2D eigenvalue weighted by molar-refractivity contribution is 14.0. The van der Waals surface area contributed by atoms with Crippen molar-refractivity contribution in [3.05, 3.63) is 59.2 Å². The third-order valence-corrected chi connectivity index (χ3v) is 4.27. The molecule has 0 atom stereocenters. The Balaban J connectivity index is 0.00000512. The lowest BCUT2D eigenvalue weighted by Gasteiger charge is -2.17. The average molecular weight is 563 g/mol. The molecule has 0 radical (unpaired) electrons. The number of guanidine groups is 1. The molecule has 0 aromatic heterocycles. The van der Waals surface area contributed by atoms with Gasteiger partial charge in [-0.25, -0.2) is 0 Å². The maximum absolute atomic E-state index is 12.9. The van der Waals surface area contributed by atoms with Crippen LogP contribution in [0.2, 0.25) is 0 Å². The number of nitrogens with one attached hydrogen (secondary N) is 2. The summed E-state index contributed by atoms with van der Waals surface area (Å²) < 4.78 is 41.5. The zero-order chi connectivity index (χ0) is 22.6. The third-order valence-electron chi connectivity index (χ3n) is 4.27. The molecular weight excluding hydrogens is 531 g/mol. The predicted molar refractivity (Wildman–Crippen MR) is 133 cm³/mol. The third kappa shape index (κ3) is 9.56. The van der Waals surface area contributed by atoms with Crippen LogP contribution in [-0.4, -0.2) is 32.3 Å². The lowest BCUT2D eigenvalue weighted by Crippen LogP contribution is -2.36. The molecule has 0 spiro atoms. The second-order valence-corrected chi connectivity index (χ2v) is 7.01. The van der Waals surface area contributed by atoms with Gasteiger partial charge >= 0.3 is 6.61 Å². The van der Waals surface area contributed by atoms with Crippen LogP contribution in [0.4, 0.5) is 8.78 Å². The topological polar surface area (TPSA) is 64.1 Å². The van der Waals surface area contributed by atoms with Crippen LogP contribution >= 0.6 is 24.0 Å². The lowest BCUT2D eigenvalue weighted by atomic mass is 10.1. The fraction of sp³-hybridized carbons (Fsp3) is 0.435. The first-order valence-corrected chi connectivity index (χ1v) is 10.3. The molecule has 178 valence electrons. The van der Waals surface area contributed by atoms with Gasteiger partial charge in [-0.05, 0) is 38.0 Å². The molecule has 0 aliphatic heterocycles. The number of aliphatic imine (C=N–C) groups is 1. The highest BCUT2D eigenvalue weighted by atomic mass is 127. The van der Waals surface area contributed by atoms with E-state index in [0.29, 0.717) is 31.3 Å². The first-order valence-electron chi connectivity index (χ1n) is 10.3. The van der Waals surface area contributed by atoms with Crippen LogP contribution in [-0.2, 0) is 24.4 Å². The minimum atomic E-state index is -2.94. The lowest BCUT2D eigenvalue weighted by molar-refractivity contribution is -0.0520. The number of halogens is 3. The second-order valence-electron chi connectivity index (χ2n) is 7.01. The van der Waals surface area contributed by atoms with Gasteiger partial charge in [0.15, 0.2) is 17.5 Å². The van der Waals surface area contributed by atoms with Crippen LogP contribution in [0.5, 0.6) is 11.5 Å². The van der Waals surface area contributed by atoms with Crippen molar-refractivity contribution in [1.29, 1.82) is 0 Å². The summed E-state index contributed by atoms with van der Waals surface area (Å²) in [4.78, 5) is 4.20. The highest BCUT2D eigenvalue weighted by Gasteiger charge is 2.16. The molecule has 0 bridgehead atoms. The minimum Gasteiger partial charge on any atom is -0.490 e. The summed E-state index contributed by atoms with van der Waals surface area (Å²) in [7, 11) is 1.65. The Morgan fingerprint density at radius 2 is 1.72 bits per heavy atom. The molecule has 6 nitrogen and oxygen atoms in total. The number of para-hydroxylation sites is 1. The molecule has 0 aliphatic carbocycles. The van der Waals surface area contributed by atoms with Crippen molar-refractivity contribution in [2.24, 2.45) is 4.99 Å². The fourth-order valence-electron chi connectivity index (χ4n) is 2.87. The first kappa shape index (κ1) is 27.9. The Morgan fingerprint density at radius 3 is 2.38 bits per heavy atom. The number of hydrogen-bond donors (Lipinski definition) is 2. The van der Waals surface area contributed by atoms with Gasteiger partial charge in [0.2, 0.25) is 0 Å². The maximum atomic E-state index is 12.9. The number of ether oxygens (including phenoxy) is 3. The molecule has 32 heavy (non-hydrogen) atoms. The summed E-state index contributed by atoms with van der Waals surface area (Å²) in [6, 6.07) is 13.1. The van der Waals surface area contributed by atoms with Gasteiger partial charge in [0.25, 0.3) is 0 Å². The summed E-state index contributed by atoms with van der Waals surface area (Å²) in [5.41, 5.74) is 2.72. The first-order chi connectivity index (χ1) is 14.9. The summed E-state index contributed by atoms with van der Waals surface area (Å²) >= 11 is 0. The standard InChI is InChI=1S/C23H31F2N3O3.HI/c1-5-29-20-11-7-10-19(21(20)31-22(24)25)14-28-23(26-4)27-13-17-8-6-9-18(12-17)15-30-16(2)3;/h6-12,16,22H,5,13-15H2,1-4H3,(H2,26,27,28);1H. The van der Waals surface area contributed by atoms with Gasteiger partial charge in [-0.2, -0.15) is 8.78 Å². The van der Waals surface area contributed by atoms with Crippen LogP contribution in [0.15, 0.2) is 47.5 Å². The van der Waals surface area contributed by atoms with Gasteiger partial charge in [-0.3, -0.25) is 4.99 Å². The molecule has 0 amide bonds. The van der Waals surface area contributed by atoms with Gasteiger partial charge < -0.3 is 24.8 Å². The van der Waals surface area contributed by atoms with Crippen LogP contribution in [0.3, 0.4) is 0 Å². The SMILES string of the molecule is CCOc1cccc(CNC(=NC)NCc2cccc(COC(C)C)c2)c1OC(F)F.I. The molecule has 0 saturated carbocycles. The van der Waals surface area contributed by atoms with Crippen LogP contribution in [0, 0.1) is 0 Å². The van der Waals surface area contributed by atoms with Crippen LogP contribution < -0.4 is 20.1 Å². The van der Waals surface area contributed by atoms with E-state index in [1.54, 1.807) is 32.2 Å². The molecule has 0 fully saturated rings. The summed E-state index contributed by atoms with van der Waals surface area (Å²) in [5.74, 6) is 0.847. The summed E-state index contributed by atoms with van der Waals surface area (Å²) in [6.45, 7) is 4.55. The predicted octanol–water partition coefficient (Wildman–Crippen LogP) is 5.09. The Morgan fingerprint density at radius 1 is 1.03 bits per heavy atom. The van der Waals surface area contributed by atoms with Crippen molar-refractivity contribution in [2.75, 3.05) is 13.7 Å². The molecule has 0 saturated heterocycles. The van der Waals surface area contributed by atoms with Gasteiger partial charge in [0.1, 0.15) is 0 Å². The quantitative estimate of drug-likeness (QED) is 0.227. The molecular formula is C23H32F2IN3O3. The molecule has 9 heteroatoms.